The van der Waals surface area contributed by atoms with E-state index in [2.05, 4.69) is 15.3 Å². The summed E-state index contributed by atoms with van der Waals surface area (Å²) in [6.07, 6.45) is 0.189. The summed E-state index contributed by atoms with van der Waals surface area (Å²) in [5, 5.41) is 6.95. The average molecular weight is 260 g/mol. The number of nitrogens with one attached hydrogen (secondary N) is 1. The van der Waals surface area contributed by atoms with E-state index in [4.69, 9.17) is 10.3 Å². The van der Waals surface area contributed by atoms with Gasteiger partial charge in [-0.3, -0.25) is 0 Å². The van der Waals surface area contributed by atoms with Crippen molar-refractivity contribution in [3.05, 3.63) is 46.3 Å². The molecule has 0 bridgehead atoms. The summed E-state index contributed by atoms with van der Waals surface area (Å²) in [6.45, 7) is 3.06. The number of rotatable bonds is 3. The van der Waals surface area contributed by atoms with E-state index in [1.54, 1.807) is 24.3 Å². The summed E-state index contributed by atoms with van der Waals surface area (Å²) in [7, 11) is 0. The highest BCUT2D eigenvalue weighted by molar-refractivity contribution is 5.89. The Bertz CT molecular complexity index is 499. The lowest BCUT2D eigenvalue weighted by molar-refractivity contribution is 0.00184. The molecule has 2 rings (SSSR count). The second kappa shape index (κ2) is 5.73. The quantitative estimate of drug-likeness (QED) is 0.391. The van der Waals surface area contributed by atoms with Crippen LogP contribution in [-0.2, 0) is 4.74 Å². The second-order valence-electron chi connectivity index (χ2n) is 4.76. The molecular formula is C13H16N4O2. The van der Waals surface area contributed by atoms with Crippen LogP contribution < -0.4 is 5.32 Å². The van der Waals surface area contributed by atoms with Crippen LogP contribution in [-0.4, -0.2) is 30.7 Å². The summed E-state index contributed by atoms with van der Waals surface area (Å²) in [5.41, 5.74) is 8.46. The average Bonchev–Trinajstić information content (AvgIpc) is 2.43. The third-order valence-corrected chi connectivity index (χ3v) is 3.36. The monoisotopic (exact) mass is 260 g/mol. The number of piperidine rings is 1. The van der Waals surface area contributed by atoms with Crippen LogP contribution in [0.3, 0.4) is 0 Å². The molecule has 0 radical (unpaired) electrons. The molecule has 6 heteroatoms. The van der Waals surface area contributed by atoms with Crippen LogP contribution in [0.2, 0.25) is 0 Å². The molecule has 1 aliphatic rings. The molecule has 2 atom stereocenters. The summed E-state index contributed by atoms with van der Waals surface area (Å²) in [6, 6.07) is 8.79. The predicted octanol–water partition coefficient (Wildman–Crippen LogP) is 2.27. The fourth-order valence-corrected chi connectivity index (χ4v) is 2.11. The van der Waals surface area contributed by atoms with Crippen LogP contribution in [0.25, 0.3) is 10.4 Å². The van der Waals surface area contributed by atoms with Crippen LogP contribution in [0.5, 0.6) is 0 Å². The van der Waals surface area contributed by atoms with E-state index in [1.807, 2.05) is 13.0 Å². The van der Waals surface area contributed by atoms with Crippen molar-refractivity contribution < 1.29 is 9.53 Å². The van der Waals surface area contributed by atoms with Gasteiger partial charge in [-0.25, -0.2) is 4.79 Å². The zero-order chi connectivity index (χ0) is 13.7. The van der Waals surface area contributed by atoms with Gasteiger partial charge in [-0.1, -0.05) is 30.2 Å². The van der Waals surface area contributed by atoms with Crippen molar-refractivity contribution in [2.45, 2.75) is 25.0 Å². The molecule has 1 fully saturated rings. The SMILES string of the molecule is C[C@]1(N=[N+]=[N-])CCNC[C@H]1OC(=O)c1ccccc1. The molecule has 0 amide bonds. The zero-order valence-electron chi connectivity index (χ0n) is 10.7. The van der Waals surface area contributed by atoms with Gasteiger partial charge in [0.25, 0.3) is 0 Å². The van der Waals surface area contributed by atoms with E-state index >= 15 is 0 Å². The smallest absolute Gasteiger partial charge is 0.338 e. The van der Waals surface area contributed by atoms with Crippen LogP contribution in [0.1, 0.15) is 23.7 Å². The number of benzene rings is 1. The Morgan fingerprint density at radius 3 is 2.95 bits per heavy atom. The van der Waals surface area contributed by atoms with Crippen LogP contribution in [0, 0.1) is 0 Å². The number of esters is 1. The third kappa shape index (κ3) is 3.05. The van der Waals surface area contributed by atoms with Gasteiger partial charge in [-0.15, -0.1) is 0 Å². The van der Waals surface area contributed by atoms with Gasteiger partial charge in [0, 0.05) is 11.5 Å². The molecule has 0 unspecified atom stereocenters. The van der Waals surface area contributed by atoms with Gasteiger partial charge in [0.15, 0.2) is 0 Å². The van der Waals surface area contributed by atoms with Crippen molar-refractivity contribution in [1.29, 1.82) is 0 Å². The minimum absolute atomic E-state index is 0.395. The lowest BCUT2D eigenvalue weighted by Crippen LogP contribution is -2.52. The third-order valence-electron chi connectivity index (χ3n) is 3.36. The Morgan fingerprint density at radius 2 is 2.26 bits per heavy atom. The Labute approximate surface area is 111 Å². The summed E-state index contributed by atoms with van der Waals surface area (Å²) in [5.74, 6) is -0.395. The van der Waals surface area contributed by atoms with Crippen molar-refractivity contribution in [1.82, 2.24) is 5.32 Å². The number of carbonyl (C=O) groups is 1. The lowest BCUT2D eigenvalue weighted by atomic mass is 9.88. The first-order valence-corrected chi connectivity index (χ1v) is 6.19. The Morgan fingerprint density at radius 1 is 1.53 bits per heavy atom. The van der Waals surface area contributed by atoms with E-state index in [9.17, 15) is 4.79 Å². The highest BCUT2D eigenvalue weighted by Gasteiger charge is 2.38. The topological polar surface area (TPSA) is 87.1 Å². The first kappa shape index (κ1) is 13.4. The molecule has 0 saturated carbocycles. The first-order chi connectivity index (χ1) is 9.15. The minimum Gasteiger partial charge on any atom is -0.457 e. The zero-order valence-corrected chi connectivity index (χ0v) is 10.7. The summed E-state index contributed by atoms with van der Waals surface area (Å²) in [4.78, 5) is 14.9. The van der Waals surface area contributed by atoms with Crippen molar-refractivity contribution in [2.75, 3.05) is 13.1 Å². The standard InChI is InChI=1S/C13H16N4O2/c1-13(16-17-14)7-8-15-9-11(13)19-12(18)10-5-3-2-4-6-10/h2-6,11,15H,7-9H2,1H3/t11-,13+/m1/s1. The van der Waals surface area contributed by atoms with Crippen LogP contribution >= 0.6 is 0 Å². The van der Waals surface area contributed by atoms with Crippen molar-refractivity contribution in [3.8, 4) is 0 Å². The largest absolute Gasteiger partial charge is 0.457 e. The number of nitrogens with zero attached hydrogens (tertiary/aromatic N) is 3. The summed E-state index contributed by atoms with van der Waals surface area (Å²) < 4.78 is 5.48. The molecule has 6 nitrogen and oxygen atoms in total. The Hall–Kier alpha value is -2.04. The molecule has 1 aliphatic heterocycles. The van der Waals surface area contributed by atoms with Crippen LogP contribution in [0.15, 0.2) is 35.4 Å². The Balaban J connectivity index is 2.12. The maximum absolute atomic E-state index is 12.0. The highest BCUT2D eigenvalue weighted by Crippen LogP contribution is 2.26. The molecule has 100 valence electrons. The maximum Gasteiger partial charge on any atom is 0.338 e. The van der Waals surface area contributed by atoms with Crippen molar-refractivity contribution >= 4 is 5.97 Å². The molecule has 1 heterocycles. The lowest BCUT2D eigenvalue weighted by Gasteiger charge is -2.37. The van der Waals surface area contributed by atoms with Gasteiger partial charge < -0.3 is 10.1 Å². The van der Waals surface area contributed by atoms with Crippen molar-refractivity contribution in [2.24, 2.45) is 5.11 Å². The van der Waals surface area contributed by atoms with Gasteiger partial charge >= 0.3 is 5.97 Å². The predicted molar refractivity (Wildman–Crippen MR) is 70.7 cm³/mol. The van der Waals surface area contributed by atoms with E-state index < -0.39 is 17.6 Å². The molecule has 1 N–H and O–H groups in total. The molecule has 1 aromatic rings. The minimum atomic E-state index is -0.690. The number of hydrogen-bond acceptors (Lipinski definition) is 4. The number of carbonyl (C=O) groups excluding carboxylic acids is 1. The number of ether oxygens (including phenoxy) is 1. The molecule has 0 aromatic heterocycles. The van der Waals surface area contributed by atoms with E-state index in [-0.39, 0.29) is 0 Å². The van der Waals surface area contributed by atoms with Gasteiger partial charge in [0.05, 0.1) is 11.1 Å². The molecule has 0 aliphatic carbocycles. The van der Waals surface area contributed by atoms with Gasteiger partial charge in [0.2, 0.25) is 0 Å². The van der Waals surface area contributed by atoms with Crippen LogP contribution in [0.4, 0.5) is 0 Å². The van der Waals surface area contributed by atoms with Gasteiger partial charge in [-0.05, 0) is 30.6 Å². The molecule has 0 spiro atoms. The normalized spacial score (nSPS) is 26.3. The molecule has 1 aromatic carbocycles. The second-order valence-corrected chi connectivity index (χ2v) is 4.76. The number of azide groups is 1. The highest BCUT2D eigenvalue weighted by atomic mass is 16.5. The van der Waals surface area contributed by atoms with Gasteiger partial charge in [0.1, 0.15) is 6.10 Å². The van der Waals surface area contributed by atoms with Gasteiger partial charge in [-0.2, -0.15) is 0 Å². The fourth-order valence-electron chi connectivity index (χ4n) is 2.11. The maximum atomic E-state index is 12.0. The van der Waals surface area contributed by atoms with E-state index in [0.29, 0.717) is 18.5 Å². The first-order valence-electron chi connectivity index (χ1n) is 6.19. The van der Waals surface area contributed by atoms with E-state index in [1.165, 1.54) is 0 Å². The van der Waals surface area contributed by atoms with Crippen molar-refractivity contribution in [3.63, 3.8) is 0 Å². The Kier molecular flexibility index (Phi) is 4.04. The summed E-state index contributed by atoms with van der Waals surface area (Å²) >= 11 is 0. The molecule has 19 heavy (non-hydrogen) atoms. The molecular weight excluding hydrogens is 244 g/mol. The number of hydrogen-bond donors (Lipinski definition) is 1. The van der Waals surface area contributed by atoms with E-state index in [0.717, 1.165) is 6.54 Å². The molecule has 1 saturated heterocycles. The fraction of sp³-hybridized carbons (Fsp3) is 0.462.